The standard InChI is InChI=1S/C50H39NO/c1-49(2)43-17-9-7-14-41(43)48-38(15-11-18-44(48)49)32-20-24-35(25-21-32)51(36-26-22-33(23-27-36)47-30-34-12-5-10-19-46(34)52-47)37-28-29-40-39-13-6-8-16-42(39)50(3,4)45(40)31-37/h5-31H,1-4H3. The van der Waals surface area contributed by atoms with Crippen molar-refractivity contribution in [2.75, 3.05) is 4.90 Å². The van der Waals surface area contributed by atoms with Crippen LogP contribution in [0.5, 0.6) is 0 Å². The zero-order chi connectivity index (χ0) is 35.2. The van der Waals surface area contributed by atoms with Crippen LogP contribution in [0, 0.1) is 0 Å². The van der Waals surface area contributed by atoms with Gasteiger partial charge in [0.15, 0.2) is 0 Å². The van der Waals surface area contributed by atoms with Gasteiger partial charge in [-0.05, 0) is 116 Å². The molecule has 0 saturated carbocycles. The van der Waals surface area contributed by atoms with Gasteiger partial charge in [-0.25, -0.2) is 0 Å². The molecule has 2 heteroatoms. The van der Waals surface area contributed by atoms with E-state index >= 15 is 0 Å². The molecule has 2 aliphatic carbocycles. The molecule has 1 heterocycles. The van der Waals surface area contributed by atoms with Crippen molar-refractivity contribution < 1.29 is 4.42 Å². The monoisotopic (exact) mass is 669 g/mol. The zero-order valence-corrected chi connectivity index (χ0v) is 29.9. The maximum Gasteiger partial charge on any atom is 0.135 e. The lowest BCUT2D eigenvalue weighted by atomic mass is 9.82. The third-order valence-electron chi connectivity index (χ3n) is 11.7. The number of hydrogen-bond acceptors (Lipinski definition) is 2. The molecule has 0 radical (unpaired) electrons. The minimum Gasteiger partial charge on any atom is -0.456 e. The summed E-state index contributed by atoms with van der Waals surface area (Å²) in [6, 6.07) is 59.8. The van der Waals surface area contributed by atoms with Gasteiger partial charge in [-0.1, -0.05) is 131 Å². The first-order valence-electron chi connectivity index (χ1n) is 18.3. The van der Waals surface area contributed by atoms with Gasteiger partial charge in [-0.2, -0.15) is 0 Å². The van der Waals surface area contributed by atoms with Crippen molar-refractivity contribution in [2.45, 2.75) is 38.5 Å². The molecule has 0 amide bonds. The largest absolute Gasteiger partial charge is 0.456 e. The van der Waals surface area contributed by atoms with Crippen molar-refractivity contribution in [3.05, 3.63) is 186 Å². The van der Waals surface area contributed by atoms with Gasteiger partial charge in [0.05, 0.1) is 0 Å². The number of fused-ring (bicyclic) bond motifs is 7. The Balaban J connectivity index is 1.09. The maximum absolute atomic E-state index is 6.24. The molecule has 8 aromatic rings. The normalized spacial score (nSPS) is 14.5. The van der Waals surface area contributed by atoms with E-state index in [4.69, 9.17) is 4.42 Å². The van der Waals surface area contributed by atoms with Crippen LogP contribution in [-0.2, 0) is 10.8 Å². The fourth-order valence-corrected chi connectivity index (χ4v) is 8.96. The van der Waals surface area contributed by atoms with Crippen molar-refractivity contribution in [1.82, 2.24) is 0 Å². The molecule has 0 bridgehead atoms. The average Bonchev–Trinajstić information content (AvgIpc) is 3.79. The fraction of sp³-hybridized carbons (Fsp3) is 0.120. The summed E-state index contributed by atoms with van der Waals surface area (Å²) in [5, 5.41) is 1.11. The van der Waals surface area contributed by atoms with Crippen LogP contribution in [0.15, 0.2) is 168 Å². The zero-order valence-electron chi connectivity index (χ0n) is 29.9. The lowest BCUT2D eigenvalue weighted by Gasteiger charge is -2.28. The van der Waals surface area contributed by atoms with E-state index in [-0.39, 0.29) is 10.8 Å². The molecule has 10 rings (SSSR count). The molecule has 0 aliphatic heterocycles. The Bertz CT molecular complexity index is 2640. The van der Waals surface area contributed by atoms with Crippen molar-refractivity contribution in [2.24, 2.45) is 0 Å². The molecule has 1 aromatic heterocycles. The predicted molar refractivity (Wildman–Crippen MR) is 217 cm³/mol. The van der Waals surface area contributed by atoms with E-state index in [0.29, 0.717) is 0 Å². The third kappa shape index (κ3) is 4.50. The van der Waals surface area contributed by atoms with Gasteiger partial charge >= 0.3 is 0 Å². The summed E-state index contributed by atoms with van der Waals surface area (Å²) in [5.41, 5.74) is 18.6. The molecule has 7 aromatic carbocycles. The molecule has 0 atom stereocenters. The average molecular weight is 670 g/mol. The molecule has 0 unspecified atom stereocenters. The van der Waals surface area contributed by atoms with Gasteiger partial charge in [0.1, 0.15) is 11.3 Å². The second kappa shape index (κ2) is 11.2. The highest BCUT2D eigenvalue weighted by atomic mass is 16.3. The minimum atomic E-state index is -0.0969. The van der Waals surface area contributed by atoms with Crippen LogP contribution in [0.1, 0.15) is 49.9 Å². The van der Waals surface area contributed by atoms with Crippen molar-refractivity contribution in [3.8, 4) is 44.7 Å². The third-order valence-corrected chi connectivity index (χ3v) is 11.7. The predicted octanol–water partition coefficient (Wildman–Crippen LogP) is 13.8. The smallest absolute Gasteiger partial charge is 0.135 e. The van der Waals surface area contributed by atoms with Crippen molar-refractivity contribution >= 4 is 28.0 Å². The van der Waals surface area contributed by atoms with Crippen LogP contribution in [-0.4, -0.2) is 0 Å². The number of furan rings is 1. The Kier molecular flexibility index (Phi) is 6.60. The second-order valence-corrected chi connectivity index (χ2v) is 15.4. The number of nitrogens with zero attached hydrogens (tertiary/aromatic N) is 1. The first-order valence-corrected chi connectivity index (χ1v) is 18.3. The van der Waals surface area contributed by atoms with Crippen molar-refractivity contribution in [1.29, 1.82) is 0 Å². The van der Waals surface area contributed by atoms with E-state index in [1.54, 1.807) is 0 Å². The Morgan fingerprint density at radius 3 is 1.67 bits per heavy atom. The molecule has 0 saturated heterocycles. The Labute approximate surface area is 305 Å². The van der Waals surface area contributed by atoms with Crippen LogP contribution in [0.2, 0.25) is 0 Å². The molecule has 52 heavy (non-hydrogen) atoms. The maximum atomic E-state index is 6.24. The molecule has 0 N–H and O–H groups in total. The molecule has 2 aliphatic rings. The number of rotatable bonds is 5. The molecular weight excluding hydrogens is 631 g/mol. The first-order chi connectivity index (χ1) is 25.3. The highest BCUT2D eigenvalue weighted by molar-refractivity contribution is 5.93. The summed E-state index contributed by atoms with van der Waals surface area (Å²) in [4.78, 5) is 2.39. The van der Waals surface area contributed by atoms with Gasteiger partial charge < -0.3 is 9.32 Å². The number of anilines is 3. The molecule has 0 fully saturated rings. The van der Waals surface area contributed by atoms with E-state index in [1.165, 1.54) is 55.6 Å². The van der Waals surface area contributed by atoms with Crippen LogP contribution in [0.3, 0.4) is 0 Å². The molecule has 0 spiro atoms. The second-order valence-electron chi connectivity index (χ2n) is 15.4. The topological polar surface area (TPSA) is 16.4 Å². The lowest BCUT2D eigenvalue weighted by molar-refractivity contribution is 0.631. The van der Waals surface area contributed by atoms with E-state index in [9.17, 15) is 0 Å². The van der Waals surface area contributed by atoms with Gasteiger partial charge in [0.2, 0.25) is 0 Å². The van der Waals surface area contributed by atoms with Gasteiger partial charge in [-0.3, -0.25) is 0 Å². The summed E-state index contributed by atoms with van der Waals surface area (Å²) in [6.07, 6.45) is 0. The van der Waals surface area contributed by atoms with E-state index in [2.05, 4.69) is 184 Å². The Morgan fingerprint density at radius 1 is 0.404 bits per heavy atom. The summed E-state index contributed by atoms with van der Waals surface area (Å²) >= 11 is 0. The summed E-state index contributed by atoms with van der Waals surface area (Å²) in [5.74, 6) is 0.876. The number of hydrogen-bond donors (Lipinski definition) is 0. The van der Waals surface area contributed by atoms with E-state index in [0.717, 1.165) is 39.4 Å². The molecular formula is C50H39NO. The highest BCUT2D eigenvalue weighted by Gasteiger charge is 2.37. The molecule has 2 nitrogen and oxygen atoms in total. The van der Waals surface area contributed by atoms with Crippen LogP contribution < -0.4 is 4.90 Å². The van der Waals surface area contributed by atoms with E-state index < -0.39 is 0 Å². The van der Waals surface area contributed by atoms with E-state index in [1.807, 2.05) is 12.1 Å². The van der Waals surface area contributed by atoms with Crippen LogP contribution >= 0.6 is 0 Å². The number of para-hydroxylation sites is 1. The van der Waals surface area contributed by atoms with Crippen LogP contribution in [0.4, 0.5) is 17.1 Å². The quantitative estimate of drug-likeness (QED) is 0.181. The summed E-state index contributed by atoms with van der Waals surface area (Å²) < 4.78 is 6.24. The summed E-state index contributed by atoms with van der Waals surface area (Å²) in [6.45, 7) is 9.39. The highest BCUT2D eigenvalue weighted by Crippen LogP contribution is 2.53. The fourth-order valence-electron chi connectivity index (χ4n) is 8.96. The lowest BCUT2D eigenvalue weighted by Crippen LogP contribution is -2.16. The molecule has 250 valence electrons. The van der Waals surface area contributed by atoms with Gasteiger partial charge in [0, 0.05) is 38.8 Å². The van der Waals surface area contributed by atoms with Crippen LogP contribution in [0.25, 0.3) is 55.7 Å². The number of benzene rings is 7. The first kappa shape index (κ1) is 30.7. The van der Waals surface area contributed by atoms with Gasteiger partial charge in [0.25, 0.3) is 0 Å². The SMILES string of the molecule is CC1(C)c2ccccc2-c2ccc(N(c3ccc(-c4cc5ccccc5o4)cc3)c3ccc(-c4cccc5c4-c4ccccc4C5(C)C)cc3)cc21. The van der Waals surface area contributed by atoms with Gasteiger partial charge in [-0.15, -0.1) is 0 Å². The van der Waals surface area contributed by atoms with Crippen molar-refractivity contribution in [3.63, 3.8) is 0 Å². The summed E-state index contributed by atoms with van der Waals surface area (Å²) in [7, 11) is 0. The Hall–Kier alpha value is -6.12. The Morgan fingerprint density at radius 2 is 0.942 bits per heavy atom. The minimum absolute atomic E-state index is 0.0335.